The predicted octanol–water partition coefficient (Wildman–Crippen LogP) is 5.91. The molecule has 1 aliphatic rings. The van der Waals surface area contributed by atoms with E-state index in [1.807, 2.05) is 44.4 Å². The van der Waals surface area contributed by atoms with E-state index in [0.717, 1.165) is 5.56 Å². The van der Waals surface area contributed by atoms with Crippen molar-refractivity contribution in [1.82, 2.24) is 4.31 Å². The molecule has 4 rings (SSSR count). The topological polar surface area (TPSA) is 81.7 Å². The predicted molar refractivity (Wildman–Crippen MR) is 139 cm³/mol. The summed E-state index contributed by atoms with van der Waals surface area (Å²) in [6.45, 7) is 0.411. The van der Waals surface area contributed by atoms with Crippen molar-refractivity contribution < 1.29 is 5.11 Å². The van der Waals surface area contributed by atoms with Gasteiger partial charge in [-0.25, -0.2) is 0 Å². The monoisotopic (exact) mass is 487 g/mol. The molecule has 33 heavy (non-hydrogen) atoms. The Labute approximate surface area is 203 Å². The lowest BCUT2D eigenvalue weighted by Gasteiger charge is -2.18. The van der Waals surface area contributed by atoms with Crippen LogP contribution in [0.3, 0.4) is 0 Å². The van der Waals surface area contributed by atoms with E-state index in [9.17, 15) is 14.7 Å². The number of nitrogens with zero attached hydrogens (tertiary/aromatic N) is 1. The molecule has 1 fully saturated rings. The van der Waals surface area contributed by atoms with Gasteiger partial charge in [0.1, 0.15) is 11.4 Å². The van der Waals surface area contributed by atoms with E-state index in [2.05, 4.69) is 10.6 Å². The van der Waals surface area contributed by atoms with Crippen LogP contribution in [0.25, 0.3) is 0 Å². The van der Waals surface area contributed by atoms with Crippen LogP contribution in [-0.4, -0.2) is 23.5 Å². The number of halogens is 1. The van der Waals surface area contributed by atoms with Gasteiger partial charge in [0.2, 0.25) is 0 Å². The highest BCUT2D eigenvalue weighted by Gasteiger charge is 2.23. The first kappa shape index (κ1) is 25.1. The van der Waals surface area contributed by atoms with Gasteiger partial charge in [0, 0.05) is 6.54 Å². The van der Waals surface area contributed by atoms with E-state index in [1.54, 1.807) is 16.4 Å². The van der Waals surface area contributed by atoms with Crippen LogP contribution in [0.2, 0.25) is 5.02 Å². The summed E-state index contributed by atoms with van der Waals surface area (Å²) >= 11 is 7.40. The van der Waals surface area contributed by atoms with E-state index in [0.29, 0.717) is 22.2 Å². The molecule has 1 aliphatic carbocycles. The molecule has 0 saturated heterocycles. The van der Waals surface area contributed by atoms with Gasteiger partial charge in [0.25, 0.3) is 10.9 Å². The summed E-state index contributed by atoms with van der Waals surface area (Å²) in [6, 6.07) is 12.7. The third-order valence-electron chi connectivity index (χ3n) is 5.34. The van der Waals surface area contributed by atoms with E-state index in [1.165, 1.54) is 50.5 Å². The lowest BCUT2D eigenvalue weighted by molar-refractivity contribution is 0.464. The molecule has 0 bridgehead atoms. The van der Waals surface area contributed by atoms with E-state index < -0.39 is 10.9 Å². The van der Waals surface area contributed by atoms with Crippen molar-refractivity contribution in [1.29, 1.82) is 0 Å². The van der Waals surface area contributed by atoms with Gasteiger partial charge in [0.15, 0.2) is 5.75 Å². The molecule has 0 aliphatic heterocycles. The Morgan fingerprint density at radius 2 is 1.48 bits per heavy atom. The third kappa shape index (κ3) is 6.76. The lowest BCUT2D eigenvalue weighted by atomic mass is 10.0. The molecule has 6 nitrogen and oxygen atoms in total. The minimum absolute atomic E-state index is 0.0803. The molecule has 176 valence electrons. The van der Waals surface area contributed by atoms with Gasteiger partial charge in [-0.05, 0) is 43.7 Å². The fraction of sp³-hybridized carbons (Fsp3) is 0.360. The summed E-state index contributed by atoms with van der Waals surface area (Å²) in [6.07, 6.45) is 9.00. The molecule has 0 unspecified atom stereocenters. The summed E-state index contributed by atoms with van der Waals surface area (Å²) in [7, 11) is 3.64. The van der Waals surface area contributed by atoms with Crippen LogP contribution < -0.4 is 21.5 Å². The number of aromatic hydroxyl groups is 1. The van der Waals surface area contributed by atoms with Gasteiger partial charge in [-0.2, -0.15) is 0 Å². The van der Waals surface area contributed by atoms with Gasteiger partial charge < -0.3 is 15.7 Å². The number of benzene rings is 2. The summed E-state index contributed by atoms with van der Waals surface area (Å²) in [5.74, 6) is -0.0803. The Balaban J connectivity index is 0.000000442. The molecule has 3 aromatic rings. The Morgan fingerprint density at radius 3 is 2.06 bits per heavy atom. The van der Waals surface area contributed by atoms with Crippen molar-refractivity contribution in [3.05, 3.63) is 73.5 Å². The molecular weight excluding hydrogens is 458 g/mol. The second-order valence-corrected chi connectivity index (χ2v) is 9.90. The largest absolute Gasteiger partial charge is 0.505 e. The normalized spacial score (nSPS) is 13.5. The van der Waals surface area contributed by atoms with Crippen molar-refractivity contribution in [2.75, 3.05) is 24.7 Å². The Hall–Kier alpha value is -2.48. The van der Waals surface area contributed by atoms with Gasteiger partial charge in [-0.15, -0.1) is 0 Å². The van der Waals surface area contributed by atoms with Gasteiger partial charge >= 0.3 is 0 Å². The molecule has 3 N–H and O–H groups in total. The lowest BCUT2D eigenvalue weighted by Crippen LogP contribution is -2.36. The van der Waals surface area contributed by atoms with Crippen LogP contribution in [0.15, 0.2) is 56.9 Å². The maximum absolute atomic E-state index is 12.0. The maximum atomic E-state index is 12.0. The first-order valence-electron chi connectivity index (χ1n) is 11.1. The Kier molecular flexibility index (Phi) is 9.23. The highest BCUT2D eigenvalue weighted by molar-refractivity contribution is 7.97. The number of hydrogen-bond acceptors (Lipinski definition) is 7. The average molecular weight is 488 g/mol. The molecule has 0 amide bonds. The van der Waals surface area contributed by atoms with Crippen LogP contribution in [0.4, 0.5) is 17.1 Å². The molecule has 0 atom stereocenters. The molecule has 0 spiro atoms. The zero-order valence-electron chi connectivity index (χ0n) is 19.0. The van der Waals surface area contributed by atoms with Crippen LogP contribution >= 0.6 is 23.5 Å². The zero-order chi connectivity index (χ0) is 23.8. The van der Waals surface area contributed by atoms with Crippen molar-refractivity contribution >= 4 is 40.6 Å². The zero-order valence-corrected chi connectivity index (χ0v) is 20.6. The minimum atomic E-state index is -0.623. The molecule has 8 heteroatoms. The molecule has 0 heterocycles. The van der Waals surface area contributed by atoms with Crippen molar-refractivity contribution in [2.24, 2.45) is 0 Å². The van der Waals surface area contributed by atoms with E-state index in [4.69, 9.17) is 11.6 Å². The van der Waals surface area contributed by atoms with Crippen LogP contribution in [0, 0.1) is 0 Å². The third-order valence-corrected chi connectivity index (χ3v) is 6.73. The maximum Gasteiger partial charge on any atom is 0.253 e. The second kappa shape index (κ2) is 12.1. The van der Waals surface area contributed by atoms with Crippen molar-refractivity contribution in [2.45, 2.75) is 50.0 Å². The average Bonchev–Trinajstić information content (AvgIpc) is 2.84. The number of nitrogens with one attached hydrogen (secondary N) is 2. The van der Waals surface area contributed by atoms with Crippen LogP contribution in [0.5, 0.6) is 5.75 Å². The number of hydrogen-bond donors (Lipinski definition) is 3. The van der Waals surface area contributed by atoms with Crippen LogP contribution in [0.1, 0.15) is 44.1 Å². The number of anilines is 3. The first-order valence-corrected chi connectivity index (χ1v) is 12.3. The van der Waals surface area contributed by atoms with E-state index >= 15 is 0 Å². The molecule has 0 radical (unpaired) electrons. The quantitative estimate of drug-likeness (QED) is 0.217. The van der Waals surface area contributed by atoms with Crippen LogP contribution in [-0.2, 0) is 6.54 Å². The molecule has 0 aromatic heterocycles. The smallest absolute Gasteiger partial charge is 0.253 e. The number of phenolic OH excluding ortho intramolecular Hbond substituents is 1. The Morgan fingerprint density at radius 1 is 0.909 bits per heavy atom. The molecule has 1 saturated carbocycles. The summed E-state index contributed by atoms with van der Waals surface area (Å²) in [5, 5.41) is 16.7. The van der Waals surface area contributed by atoms with Gasteiger partial charge in [-0.3, -0.25) is 13.9 Å². The SMILES string of the molecule is C1CCCCC1.CN(C)Sc1c(Cl)ccc(Nc2c(NCc3ccccc3)c(=O)c2=O)c1O. The minimum Gasteiger partial charge on any atom is -0.505 e. The van der Waals surface area contributed by atoms with Crippen molar-refractivity contribution in [3.63, 3.8) is 0 Å². The summed E-state index contributed by atoms with van der Waals surface area (Å²) in [5.41, 5.74) is 0.426. The number of rotatable bonds is 7. The molecule has 3 aromatic carbocycles. The first-order chi connectivity index (χ1) is 15.9. The summed E-state index contributed by atoms with van der Waals surface area (Å²) < 4.78 is 1.79. The second-order valence-electron chi connectivity index (χ2n) is 8.17. The van der Waals surface area contributed by atoms with Gasteiger partial charge in [0.05, 0.1) is 15.6 Å². The summed E-state index contributed by atoms with van der Waals surface area (Å²) in [4.78, 5) is 24.4. The molecular formula is C25H30ClN3O3S. The highest BCUT2D eigenvalue weighted by atomic mass is 35.5. The van der Waals surface area contributed by atoms with Gasteiger partial charge in [-0.1, -0.05) is 80.5 Å². The number of phenols is 1. The Bertz CT molecular complexity index is 1110. The highest BCUT2D eigenvalue weighted by Crippen LogP contribution is 2.42. The fourth-order valence-corrected chi connectivity index (χ4v) is 4.55. The van der Waals surface area contributed by atoms with Crippen molar-refractivity contribution in [3.8, 4) is 5.75 Å². The van der Waals surface area contributed by atoms with E-state index in [-0.39, 0.29) is 17.1 Å². The standard InChI is InChI=1S/C19H18ClN3O3S.C6H12/c1-23(2)27-19-12(20)8-9-13(16(19)24)22-15-14(17(25)18(15)26)21-10-11-6-4-3-5-7-11;1-2-4-6-5-3-1/h3-9,21-22,24H,10H2,1-2H3;1-6H2. The fourth-order valence-electron chi connectivity index (χ4n) is 3.58.